The minimum Gasteiger partial charge on any atom is -0.0843 e. The fraction of sp³-hybridized carbons (Fsp3) is 0.0345. The van der Waals surface area contributed by atoms with Crippen molar-refractivity contribution in [2.75, 3.05) is 0 Å². The van der Waals surface area contributed by atoms with Crippen LogP contribution in [0.3, 0.4) is 0 Å². The van der Waals surface area contributed by atoms with Crippen LogP contribution < -0.4 is 0 Å². The lowest BCUT2D eigenvalue weighted by Gasteiger charge is -2.31. The van der Waals surface area contributed by atoms with Gasteiger partial charge in [-0.2, -0.15) is 0 Å². The first-order valence-electron chi connectivity index (χ1n) is 10.3. The number of hydrogen-bond donors (Lipinski definition) is 0. The van der Waals surface area contributed by atoms with Crippen molar-refractivity contribution in [3.8, 4) is 22.3 Å². The molecule has 0 aromatic heterocycles. The molecular weight excluding hydrogens is 384 g/mol. The largest absolute Gasteiger partial charge is 0.0843 e. The van der Waals surface area contributed by atoms with Crippen LogP contribution >= 0.6 is 11.6 Å². The SMILES string of the molecule is Clc1ccc2c3c(ccc2c1)-c1ccccc1C31c2ccccc2-c2ccccc21. The van der Waals surface area contributed by atoms with E-state index in [0.29, 0.717) is 0 Å². The van der Waals surface area contributed by atoms with Gasteiger partial charge in [0.05, 0.1) is 5.41 Å². The van der Waals surface area contributed by atoms with Gasteiger partial charge in [-0.1, -0.05) is 103 Å². The van der Waals surface area contributed by atoms with E-state index in [-0.39, 0.29) is 5.41 Å². The van der Waals surface area contributed by atoms with Gasteiger partial charge in [0.15, 0.2) is 0 Å². The highest BCUT2D eigenvalue weighted by atomic mass is 35.5. The lowest BCUT2D eigenvalue weighted by atomic mass is 9.69. The Hall–Kier alpha value is -3.35. The summed E-state index contributed by atoms with van der Waals surface area (Å²) in [6.45, 7) is 0. The highest BCUT2D eigenvalue weighted by Crippen LogP contribution is 2.63. The van der Waals surface area contributed by atoms with Crippen molar-refractivity contribution in [1.82, 2.24) is 0 Å². The molecule has 0 N–H and O–H groups in total. The average molecular weight is 401 g/mol. The molecule has 0 fully saturated rings. The van der Waals surface area contributed by atoms with Crippen LogP contribution in [0.4, 0.5) is 0 Å². The minimum atomic E-state index is -0.299. The lowest BCUT2D eigenvalue weighted by molar-refractivity contribution is 0.801. The quantitative estimate of drug-likeness (QED) is 0.243. The number of benzene rings is 5. The van der Waals surface area contributed by atoms with E-state index in [1.54, 1.807) is 0 Å². The Morgan fingerprint density at radius 2 is 1.03 bits per heavy atom. The first-order valence-corrected chi connectivity index (χ1v) is 10.7. The summed E-state index contributed by atoms with van der Waals surface area (Å²) in [7, 11) is 0. The molecule has 0 atom stereocenters. The Morgan fingerprint density at radius 1 is 0.500 bits per heavy atom. The van der Waals surface area contributed by atoms with Crippen molar-refractivity contribution >= 4 is 22.4 Å². The summed E-state index contributed by atoms with van der Waals surface area (Å²) in [6, 6.07) is 37.5. The van der Waals surface area contributed by atoms with Gasteiger partial charge in [0.1, 0.15) is 0 Å². The second-order valence-corrected chi connectivity index (χ2v) is 8.68. The fourth-order valence-electron chi connectivity index (χ4n) is 5.90. The standard InChI is InChI=1S/C29H17Cl/c30-19-14-16-20-18(17-19)13-15-24-23-9-3-6-12-27(23)29(28(20)24)25-10-4-1-7-21(25)22-8-2-5-11-26(22)29/h1-17H. The van der Waals surface area contributed by atoms with Crippen LogP contribution in [0.25, 0.3) is 33.0 Å². The lowest BCUT2D eigenvalue weighted by Crippen LogP contribution is -2.26. The van der Waals surface area contributed by atoms with Gasteiger partial charge in [-0.25, -0.2) is 0 Å². The van der Waals surface area contributed by atoms with Crippen molar-refractivity contribution in [2.45, 2.75) is 5.41 Å². The van der Waals surface area contributed by atoms with E-state index >= 15 is 0 Å². The van der Waals surface area contributed by atoms with Gasteiger partial charge in [-0.15, -0.1) is 0 Å². The molecule has 2 aliphatic carbocycles. The van der Waals surface area contributed by atoms with Crippen LogP contribution in [-0.4, -0.2) is 0 Å². The topological polar surface area (TPSA) is 0 Å². The second kappa shape index (κ2) is 5.62. The van der Waals surface area contributed by atoms with Crippen molar-refractivity contribution in [2.24, 2.45) is 0 Å². The Balaban J connectivity index is 1.77. The monoisotopic (exact) mass is 400 g/mol. The summed E-state index contributed by atoms with van der Waals surface area (Å²) in [5.74, 6) is 0. The molecule has 7 rings (SSSR count). The molecule has 2 aliphatic rings. The summed E-state index contributed by atoms with van der Waals surface area (Å²) in [4.78, 5) is 0. The number of fused-ring (bicyclic) bond motifs is 12. The van der Waals surface area contributed by atoms with Crippen molar-refractivity contribution < 1.29 is 0 Å². The van der Waals surface area contributed by atoms with Gasteiger partial charge in [-0.05, 0) is 67.4 Å². The summed E-state index contributed by atoms with van der Waals surface area (Å²) in [5, 5.41) is 3.24. The third-order valence-electron chi connectivity index (χ3n) is 6.93. The number of halogens is 1. The molecule has 0 saturated heterocycles. The molecule has 30 heavy (non-hydrogen) atoms. The molecule has 5 aromatic carbocycles. The molecule has 0 bridgehead atoms. The zero-order valence-electron chi connectivity index (χ0n) is 16.2. The first kappa shape index (κ1) is 16.4. The Morgan fingerprint density at radius 3 is 1.63 bits per heavy atom. The van der Waals surface area contributed by atoms with Gasteiger partial charge in [-0.3, -0.25) is 0 Å². The molecule has 140 valence electrons. The average Bonchev–Trinajstić information content (AvgIpc) is 3.26. The molecule has 5 aromatic rings. The Kier molecular flexibility index (Phi) is 3.08. The van der Waals surface area contributed by atoms with Crippen LogP contribution in [0.15, 0.2) is 103 Å². The summed E-state index contributed by atoms with van der Waals surface area (Å²) in [5.41, 5.74) is 10.5. The van der Waals surface area contributed by atoms with Crippen molar-refractivity contribution in [3.63, 3.8) is 0 Å². The zero-order valence-corrected chi connectivity index (χ0v) is 16.9. The molecule has 0 heterocycles. The van der Waals surface area contributed by atoms with Crippen LogP contribution in [0.5, 0.6) is 0 Å². The van der Waals surface area contributed by atoms with Crippen LogP contribution in [0.1, 0.15) is 22.3 Å². The van der Waals surface area contributed by atoms with Crippen LogP contribution in [0, 0.1) is 0 Å². The van der Waals surface area contributed by atoms with Gasteiger partial charge < -0.3 is 0 Å². The molecule has 0 amide bonds. The van der Waals surface area contributed by atoms with Gasteiger partial charge in [0.2, 0.25) is 0 Å². The molecule has 0 nitrogen and oxygen atoms in total. The first-order chi connectivity index (χ1) is 14.8. The second-order valence-electron chi connectivity index (χ2n) is 8.24. The summed E-state index contributed by atoms with van der Waals surface area (Å²) >= 11 is 6.37. The predicted molar refractivity (Wildman–Crippen MR) is 125 cm³/mol. The van der Waals surface area contributed by atoms with E-state index in [1.807, 2.05) is 6.07 Å². The van der Waals surface area contributed by atoms with Gasteiger partial charge in [0.25, 0.3) is 0 Å². The van der Waals surface area contributed by atoms with Crippen molar-refractivity contribution in [3.05, 3.63) is 130 Å². The summed E-state index contributed by atoms with van der Waals surface area (Å²) < 4.78 is 0. The van der Waals surface area contributed by atoms with E-state index < -0.39 is 0 Å². The predicted octanol–water partition coefficient (Wildman–Crippen LogP) is 7.84. The molecule has 0 aliphatic heterocycles. The van der Waals surface area contributed by atoms with E-state index in [2.05, 4.69) is 97.1 Å². The number of rotatable bonds is 0. The van der Waals surface area contributed by atoms with E-state index in [0.717, 1.165) is 5.02 Å². The van der Waals surface area contributed by atoms with Crippen molar-refractivity contribution in [1.29, 1.82) is 0 Å². The third-order valence-corrected chi connectivity index (χ3v) is 7.17. The van der Waals surface area contributed by atoms with E-state index in [1.165, 1.54) is 55.3 Å². The molecule has 0 unspecified atom stereocenters. The maximum atomic E-state index is 6.37. The highest BCUT2D eigenvalue weighted by molar-refractivity contribution is 6.31. The molecular formula is C29H17Cl. The molecule has 1 spiro atoms. The van der Waals surface area contributed by atoms with Crippen LogP contribution in [0.2, 0.25) is 5.02 Å². The van der Waals surface area contributed by atoms with E-state index in [4.69, 9.17) is 11.6 Å². The summed E-state index contributed by atoms with van der Waals surface area (Å²) in [6.07, 6.45) is 0. The Bertz CT molecular complexity index is 1450. The van der Waals surface area contributed by atoms with Gasteiger partial charge >= 0.3 is 0 Å². The maximum Gasteiger partial charge on any atom is 0.0731 e. The fourth-order valence-corrected chi connectivity index (χ4v) is 6.08. The molecule has 0 radical (unpaired) electrons. The van der Waals surface area contributed by atoms with Gasteiger partial charge in [0, 0.05) is 5.02 Å². The normalized spacial score (nSPS) is 14.4. The maximum absolute atomic E-state index is 6.37. The smallest absolute Gasteiger partial charge is 0.0731 e. The zero-order chi connectivity index (χ0) is 19.9. The van der Waals surface area contributed by atoms with Crippen LogP contribution in [-0.2, 0) is 5.41 Å². The minimum absolute atomic E-state index is 0.299. The van der Waals surface area contributed by atoms with E-state index in [9.17, 15) is 0 Å². The highest BCUT2D eigenvalue weighted by Gasteiger charge is 2.52. The molecule has 1 heteroatoms. The Labute approximate surface area is 180 Å². The number of hydrogen-bond acceptors (Lipinski definition) is 0. The molecule has 0 saturated carbocycles. The third kappa shape index (κ3) is 1.79.